The van der Waals surface area contributed by atoms with Crippen LogP contribution in [0, 0.1) is 0 Å². The Balaban J connectivity index is 1.72. The second-order valence-corrected chi connectivity index (χ2v) is 5.36. The molecular weight excluding hydrogens is 308 g/mol. The largest absolute Gasteiger partial charge is 0.465 e. The molecular formula is C17H18N4O3. The molecule has 1 aromatic carbocycles. The molecule has 0 fully saturated rings. The molecule has 0 atom stereocenters. The third-order valence-corrected chi connectivity index (χ3v) is 3.72. The van der Waals surface area contributed by atoms with E-state index in [9.17, 15) is 9.59 Å². The quantitative estimate of drug-likeness (QED) is 0.534. The Morgan fingerprint density at radius 3 is 2.83 bits per heavy atom. The van der Waals surface area contributed by atoms with Crippen LogP contribution in [-0.4, -0.2) is 34.4 Å². The summed E-state index contributed by atoms with van der Waals surface area (Å²) in [5, 5.41) is 9.60. The van der Waals surface area contributed by atoms with Crippen molar-refractivity contribution < 1.29 is 9.53 Å². The van der Waals surface area contributed by atoms with Gasteiger partial charge in [0.15, 0.2) is 0 Å². The maximum absolute atomic E-state index is 11.9. The van der Waals surface area contributed by atoms with E-state index in [1.807, 2.05) is 34.9 Å². The number of fused-ring (bicyclic) bond motifs is 1. The Hall–Kier alpha value is -3.09. The first-order valence-electron chi connectivity index (χ1n) is 7.64. The van der Waals surface area contributed by atoms with E-state index in [0.29, 0.717) is 17.8 Å². The van der Waals surface area contributed by atoms with E-state index < -0.39 is 5.97 Å². The number of pyridine rings is 1. The Bertz CT molecular complexity index is 854. The van der Waals surface area contributed by atoms with Crippen LogP contribution in [0.15, 0.2) is 47.5 Å². The van der Waals surface area contributed by atoms with Crippen molar-refractivity contribution >= 4 is 11.7 Å². The number of ether oxygens (including phenoxy) is 1. The predicted molar refractivity (Wildman–Crippen MR) is 90.4 cm³/mol. The monoisotopic (exact) mass is 326 g/mol. The fraction of sp³-hybridized carbons (Fsp3) is 0.235. The van der Waals surface area contributed by atoms with E-state index in [1.54, 1.807) is 12.4 Å². The number of benzene rings is 1. The SMILES string of the molecule is COC(=O)c1cn(CCCNc2ccccc2)cc2c(=O)[nH]nc1-2. The number of rotatable bonds is 6. The lowest BCUT2D eigenvalue weighted by Gasteiger charge is -2.12. The lowest BCUT2D eigenvalue weighted by molar-refractivity contribution is 0.0600. The zero-order valence-corrected chi connectivity index (χ0v) is 13.3. The molecule has 0 saturated carbocycles. The molecule has 2 aliphatic rings. The summed E-state index contributed by atoms with van der Waals surface area (Å²) in [5.74, 6) is -0.511. The molecule has 3 rings (SSSR count). The van der Waals surface area contributed by atoms with Crippen molar-refractivity contribution in [1.82, 2.24) is 14.8 Å². The van der Waals surface area contributed by atoms with Gasteiger partial charge in [-0.15, -0.1) is 0 Å². The third kappa shape index (κ3) is 3.29. The third-order valence-electron chi connectivity index (χ3n) is 3.72. The van der Waals surface area contributed by atoms with Crippen LogP contribution < -0.4 is 10.9 Å². The summed E-state index contributed by atoms with van der Waals surface area (Å²) >= 11 is 0. The Labute approximate surface area is 138 Å². The molecule has 2 N–H and O–H groups in total. The van der Waals surface area contributed by atoms with Crippen molar-refractivity contribution in [2.24, 2.45) is 0 Å². The molecule has 0 amide bonds. The number of aromatic amines is 1. The second-order valence-electron chi connectivity index (χ2n) is 5.36. The number of nitrogens with zero attached hydrogens (tertiary/aromatic N) is 2. The van der Waals surface area contributed by atoms with Crippen LogP contribution in [0.25, 0.3) is 11.3 Å². The van der Waals surface area contributed by atoms with Gasteiger partial charge in [0.25, 0.3) is 5.56 Å². The number of esters is 1. The number of nitrogens with one attached hydrogen (secondary N) is 2. The normalized spacial score (nSPS) is 10.7. The van der Waals surface area contributed by atoms with E-state index >= 15 is 0 Å². The van der Waals surface area contributed by atoms with Gasteiger partial charge in [-0.3, -0.25) is 4.79 Å². The van der Waals surface area contributed by atoms with Gasteiger partial charge in [-0.05, 0) is 18.6 Å². The Morgan fingerprint density at radius 1 is 1.29 bits per heavy atom. The van der Waals surface area contributed by atoms with Crippen molar-refractivity contribution in [2.75, 3.05) is 19.0 Å². The van der Waals surface area contributed by atoms with Crippen LogP contribution in [0.3, 0.4) is 0 Å². The van der Waals surface area contributed by atoms with Gasteiger partial charge in [0.2, 0.25) is 0 Å². The highest BCUT2D eigenvalue weighted by atomic mass is 16.5. The highest BCUT2D eigenvalue weighted by Gasteiger charge is 2.21. The fourth-order valence-electron chi connectivity index (χ4n) is 2.53. The minimum atomic E-state index is -0.511. The molecule has 0 aliphatic carbocycles. The lowest BCUT2D eigenvalue weighted by atomic mass is 10.1. The van der Waals surface area contributed by atoms with Crippen LogP contribution in [0.1, 0.15) is 16.8 Å². The summed E-state index contributed by atoms with van der Waals surface area (Å²) in [5.41, 5.74) is 1.75. The standard InChI is InChI=1S/C17H18N4O3/c1-24-17(23)14-11-21(10-13-15(14)19-20-16(13)22)9-5-8-18-12-6-3-2-4-7-12/h2-4,6-7,10-11,18H,5,8-9H2,1H3,(H,20,22). The minimum absolute atomic E-state index is 0.282. The molecule has 0 bridgehead atoms. The first-order chi connectivity index (χ1) is 11.7. The van der Waals surface area contributed by atoms with Gasteiger partial charge < -0.3 is 14.6 Å². The minimum Gasteiger partial charge on any atom is -0.465 e. The van der Waals surface area contributed by atoms with Crippen molar-refractivity contribution in [3.63, 3.8) is 0 Å². The van der Waals surface area contributed by atoms with Crippen LogP contribution in [0.2, 0.25) is 0 Å². The maximum Gasteiger partial charge on any atom is 0.341 e. The molecule has 2 heterocycles. The van der Waals surface area contributed by atoms with Crippen molar-refractivity contribution in [3.8, 4) is 11.3 Å². The molecule has 0 unspecified atom stereocenters. The topological polar surface area (TPSA) is 89.0 Å². The molecule has 24 heavy (non-hydrogen) atoms. The van der Waals surface area contributed by atoms with Crippen LogP contribution in [-0.2, 0) is 11.3 Å². The van der Waals surface area contributed by atoms with Gasteiger partial charge in [0.05, 0.1) is 12.7 Å². The summed E-state index contributed by atoms with van der Waals surface area (Å²) in [6, 6.07) is 9.92. The van der Waals surface area contributed by atoms with Crippen LogP contribution >= 0.6 is 0 Å². The van der Waals surface area contributed by atoms with E-state index in [0.717, 1.165) is 18.7 Å². The molecule has 124 valence electrons. The zero-order chi connectivity index (χ0) is 16.9. The van der Waals surface area contributed by atoms with Gasteiger partial charge in [-0.2, -0.15) is 5.10 Å². The molecule has 2 aliphatic heterocycles. The first-order valence-corrected chi connectivity index (χ1v) is 7.64. The highest BCUT2D eigenvalue weighted by Crippen LogP contribution is 2.20. The number of carbonyl (C=O) groups excluding carboxylic acids is 1. The zero-order valence-electron chi connectivity index (χ0n) is 13.3. The summed E-state index contributed by atoms with van der Waals surface area (Å²) in [7, 11) is 1.31. The molecule has 7 nitrogen and oxygen atoms in total. The number of hydrogen-bond acceptors (Lipinski definition) is 5. The smallest absolute Gasteiger partial charge is 0.341 e. The number of anilines is 1. The average Bonchev–Trinajstić information content (AvgIpc) is 2.99. The van der Waals surface area contributed by atoms with E-state index in [4.69, 9.17) is 4.74 Å². The lowest BCUT2D eigenvalue weighted by Crippen LogP contribution is -2.13. The molecule has 0 aromatic heterocycles. The van der Waals surface area contributed by atoms with Gasteiger partial charge >= 0.3 is 5.97 Å². The van der Waals surface area contributed by atoms with Crippen LogP contribution in [0.5, 0.6) is 0 Å². The molecule has 1 aromatic rings. The van der Waals surface area contributed by atoms with Gasteiger partial charge in [0, 0.05) is 31.2 Å². The van der Waals surface area contributed by atoms with Gasteiger partial charge in [0.1, 0.15) is 11.3 Å². The summed E-state index contributed by atoms with van der Waals surface area (Å²) in [6.07, 6.45) is 4.20. The van der Waals surface area contributed by atoms with Crippen LogP contribution in [0.4, 0.5) is 5.69 Å². The van der Waals surface area contributed by atoms with Crippen molar-refractivity contribution in [1.29, 1.82) is 0 Å². The van der Waals surface area contributed by atoms with Gasteiger partial charge in [-0.25, -0.2) is 9.89 Å². The summed E-state index contributed by atoms with van der Waals surface area (Å²) < 4.78 is 6.59. The fourth-order valence-corrected chi connectivity index (χ4v) is 2.53. The average molecular weight is 326 g/mol. The molecule has 7 heteroatoms. The highest BCUT2D eigenvalue weighted by molar-refractivity contribution is 5.95. The van der Waals surface area contributed by atoms with Crippen molar-refractivity contribution in [3.05, 3.63) is 58.6 Å². The number of hydrogen-bond donors (Lipinski definition) is 2. The number of carbonyl (C=O) groups is 1. The Morgan fingerprint density at radius 2 is 2.08 bits per heavy atom. The number of H-pyrrole nitrogens is 1. The summed E-state index contributed by atoms with van der Waals surface area (Å²) in [6.45, 7) is 1.43. The number of methoxy groups -OCH3 is 1. The van der Waals surface area contributed by atoms with E-state index in [2.05, 4.69) is 15.5 Å². The van der Waals surface area contributed by atoms with Gasteiger partial charge in [-0.1, -0.05) is 18.2 Å². The second kappa shape index (κ2) is 6.99. The predicted octanol–water partition coefficient (Wildman–Crippen LogP) is 1.96. The summed E-state index contributed by atoms with van der Waals surface area (Å²) in [4.78, 5) is 23.7. The number of aryl methyl sites for hydroxylation is 1. The molecule has 0 spiro atoms. The number of aromatic nitrogens is 3. The van der Waals surface area contributed by atoms with E-state index in [1.165, 1.54) is 7.11 Å². The molecule has 0 radical (unpaired) electrons. The van der Waals surface area contributed by atoms with Crippen molar-refractivity contribution in [2.45, 2.75) is 13.0 Å². The number of para-hydroxylation sites is 1. The van der Waals surface area contributed by atoms with E-state index in [-0.39, 0.29) is 11.1 Å². The first kappa shape index (κ1) is 15.8. The molecule has 0 saturated heterocycles. The maximum atomic E-state index is 11.9. The Kier molecular flexibility index (Phi) is 4.60.